The topological polar surface area (TPSA) is 58.4 Å². The Hall–Kier alpha value is -1.70. The van der Waals surface area contributed by atoms with Gasteiger partial charge in [-0.1, -0.05) is 23.4 Å². The lowest BCUT2D eigenvalue weighted by molar-refractivity contribution is 0.230. The van der Waals surface area contributed by atoms with Crippen LogP contribution in [0.25, 0.3) is 0 Å². The number of anilines is 1. The van der Waals surface area contributed by atoms with Crippen LogP contribution in [0.3, 0.4) is 0 Å². The van der Waals surface area contributed by atoms with Gasteiger partial charge in [0.1, 0.15) is 0 Å². The summed E-state index contributed by atoms with van der Waals surface area (Å²) in [5.41, 5.74) is 6.58. The van der Waals surface area contributed by atoms with Crippen molar-refractivity contribution in [3.05, 3.63) is 28.8 Å². The molecule has 0 aliphatic rings. The fourth-order valence-electron chi connectivity index (χ4n) is 1.08. The van der Waals surface area contributed by atoms with Crippen molar-refractivity contribution in [3.63, 3.8) is 0 Å². The number of amides is 2. The number of halogens is 1. The van der Waals surface area contributed by atoms with E-state index in [1.165, 1.54) is 4.90 Å². The van der Waals surface area contributed by atoms with Gasteiger partial charge in [0.15, 0.2) is 0 Å². The van der Waals surface area contributed by atoms with Gasteiger partial charge in [0.25, 0.3) is 0 Å². The molecule has 0 unspecified atom stereocenters. The number of rotatable bonds is 1. The number of urea groups is 1. The second-order valence-corrected chi connectivity index (χ2v) is 3.93. The Balaban J connectivity index is 2.94. The van der Waals surface area contributed by atoms with Gasteiger partial charge in [-0.15, -0.1) is 0 Å². The van der Waals surface area contributed by atoms with Crippen LogP contribution in [-0.4, -0.2) is 31.6 Å². The van der Waals surface area contributed by atoms with Gasteiger partial charge in [0.2, 0.25) is 0 Å². The molecule has 0 fully saturated rings. The highest BCUT2D eigenvalue weighted by molar-refractivity contribution is 6.33. The molecule has 17 heavy (non-hydrogen) atoms. The lowest BCUT2D eigenvalue weighted by atomic mass is 10.2. The Labute approximate surface area is 106 Å². The van der Waals surface area contributed by atoms with E-state index >= 15 is 0 Å². The molecule has 2 amide bonds. The smallest absolute Gasteiger partial charge is 0.321 e. The number of hydrogen-bond acceptors (Lipinski definition) is 2. The molecule has 1 aromatic rings. The molecule has 1 rings (SSSR count). The number of nitrogens with zero attached hydrogens (tertiary/aromatic N) is 1. The maximum absolute atomic E-state index is 11.5. The van der Waals surface area contributed by atoms with E-state index in [2.05, 4.69) is 17.2 Å². The number of benzene rings is 1. The van der Waals surface area contributed by atoms with Gasteiger partial charge < -0.3 is 16.0 Å². The minimum atomic E-state index is -0.240. The van der Waals surface area contributed by atoms with Gasteiger partial charge in [-0.2, -0.15) is 0 Å². The quantitative estimate of drug-likeness (QED) is 0.747. The van der Waals surface area contributed by atoms with Crippen molar-refractivity contribution in [2.75, 3.05) is 26.0 Å². The molecule has 0 heterocycles. The molecular formula is C12H14ClN3O. The first-order valence-electron chi connectivity index (χ1n) is 5.01. The minimum Gasteiger partial charge on any atom is -0.331 e. The van der Waals surface area contributed by atoms with E-state index in [1.54, 1.807) is 32.3 Å². The van der Waals surface area contributed by atoms with E-state index in [1.807, 2.05) is 0 Å². The fraction of sp³-hybridized carbons (Fsp3) is 0.250. The summed E-state index contributed by atoms with van der Waals surface area (Å²) in [4.78, 5) is 12.9. The van der Waals surface area contributed by atoms with Crippen LogP contribution in [0, 0.1) is 11.8 Å². The monoisotopic (exact) mass is 251 g/mol. The van der Waals surface area contributed by atoms with Crippen molar-refractivity contribution in [2.45, 2.75) is 0 Å². The van der Waals surface area contributed by atoms with Gasteiger partial charge in [-0.3, -0.25) is 0 Å². The maximum atomic E-state index is 11.5. The van der Waals surface area contributed by atoms with Gasteiger partial charge in [0, 0.05) is 19.7 Å². The SMILES string of the molecule is CN(C)C(=O)Nc1cc(C#CCN)ccc1Cl. The van der Waals surface area contributed by atoms with Gasteiger partial charge >= 0.3 is 6.03 Å². The van der Waals surface area contributed by atoms with Crippen molar-refractivity contribution >= 4 is 23.3 Å². The molecule has 0 bridgehead atoms. The molecule has 0 spiro atoms. The molecular weight excluding hydrogens is 238 g/mol. The van der Waals surface area contributed by atoms with Crippen molar-refractivity contribution in [1.29, 1.82) is 0 Å². The number of nitrogens with one attached hydrogen (secondary N) is 1. The maximum Gasteiger partial charge on any atom is 0.321 e. The average molecular weight is 252 g/mol. The molecule has 0 atom stereocenters. The standard InChI is InChI=1S/C12H14ClN3O/c1-16(2)12(17)15-11-8-9(4-3-7-14)5-6-10(11)13/h5-6,8H,7,14H2,1-2H3,(H,15,17). The molecule has 0 saturated heterocycles. The predicted molar refractivity (Wildman–Crippen MR) is 70.1 cm³/mol. The van der Waals surface area contributed by atoms with Crippen molar-refractivity contribution < 1.29 is 4.79 Å². The molecule has 0 aromatic heterocycles. The third kappa shape index (κ3) is 3.99. The first-order chi connectivity index (χ1) is 8.04. The van der Waals surface area contributed by atoms with Gasteiger partial charge in [-0.25, -0.2) is 4.79 Å². The Bertz CT molecular complexity index is 474. The lowest BCUT2D eigenvalue weighted by Crippen LogP contribution is -2.27. The summed E-state index contributed by atoms with van der Waals surface area (Å²) in [6.45, 7) is 0.294. The molecule has 3 N–H and O–H groups in total. The van der Waals surface area contributed by atoms with E-state index in [4.69, 9.17) is 17.3 Å². The summed E-state index contributed by atoms with van der Waals surface area (Å²) < 4.78 is 0. The summed E-state index contributed by atoms with van der Waals surface area (Å²) in [6, 6.07) is 4.94. The number of nitrogens with two attached hydrogens (primary N) is 1. The average Bonchev–Trinajstić information content (AvgIpc) is 2.29. The van der Waals surface area contributed by atoms with Crippen molar-refractivity contribution in [2.24, 2.45) is 5.73 Å². The highest BCUT2D eigenvalue weighted by Crippen LogP contribution is 2.22. The van der Waals surface area contributed by atoms with Crippen LogP contribution in [0.4, 0.5) is 10.5 Å². The summed E-state index contributed by atoms with van der Waals surface area (Å²) in [6.07, 6.45) is 0. The van der Waals surface area contributed by atoms with E-state index < -0.39 is 0 Å². The normalized spacial score (nSPS) is 9.18. The third-order valence-electron chi connectivity index (χ3n) is 1.95. The Morgan fingerprint density at radius 1 is 1.53 bits per heavy atom. The Morgan fingerprint density at radius 2 is 2.24 bits per heavy atom. The van der Waals surface area contributed by atoms with Crippen LogP contribution in [0.5, 0.6) is 0 Å². The van der Waals surface area contributed by atoms with Crippen LogP contribution >= 0.6 is 11.6 Å². The minimum absolute atomic E-state index is 0.240. The largest absolute Gasteiger partial charge is 0.331 e. The Morgan fingerprint density at radius 3 is 2.82 bits per heavy atom. The first-order valence-corrected chi connectivity index (χ1v) is 5.39. The summed E-state index contributed by atoms with van der Waals surface area (Å²) in [5, 5.41) is 3.15. The number of hydrogen-bond donors (Lipinski definition) is 2. The highest BCUT2D eigenvalue weighted by Gasteiger charge is 2.07. The lowest BCUT2D eigenvalue weighted by Gasteiger charge is -2.13. The van der Waals surface area contributed by atoms with Crippen LogP contribution in [0.2, 0.25) is 5.02 Å². The zero-order chi connectivity index (χ0) is 12.8. The zero-order valence-electron chi connectivity index (χ0n) is 9.75. The van der Waals surface area contributed by atoms with Crippen LogP contribution in [0.15, 0.2) is 18.2 Å². The van der Waals surface area contributed by atoms with E-state index in [-0.39, 0.29) is 6.03 Å². The molecule has 90 valence electrons. The van der Waals surface area contributed by atoms with Crippen LogP contribution in [-0.2, 0) is 0 Å². The third-order valence-corrected chi connectivity index (χ3v) is 2.28. The van der Waals surface area contributed by atoms with Crippen LogP contribution in [0.1, 0.15) is 5.56 Å². The molecule has 1 aromatic carbocycles. The predicted octanol–water partition coefficient (Wildman–Crippen LogP) is 1.74. The molecule has 4 nitrogen and oxygen atoms in total. The number of carbonyl (C=O) groups excluding carboxylic acids is 1. The zero-order valence-corrected chi connectivity index (χ0v) is 10.5. The molecule has 0 aliphatic carbocycles. The van der Waals surface area contributed by atoms with Crippen molar-refractivity contribution in [1.82, 2.24) is 4.90 Å². The number of carbonyl (C=O) groups is 1. The van der Waals surface area contributed by atoms with E-state index in [0.717, 1.165) is 5.56 Å². The van der Waals surface area contributed by atoms with Gasteiger partial charge in [0.05, 0.1) is 17.3 Å². The van der Waals surface area contributed by atoms with Crippen molar-refractivity contribution in [3.8, 4) is 11.8 Å². The summed E-state index contributed by atoms with van der Waals surface area (Å²) in [5.74, 6) is 5.61. The second-order valence-electron chi connectivity index (χ2n) is 3.53. The van der Waals surface area contributed by atoms with Crippen LogP contribution < -0.4 is 11.1 Å². The molecule has 0 radical (unpaired) electrons. The Kier molecular flexibility index (Phi) is 4.83. The molecule has 5 heteroatoms. The fourth-order valence-corrected chi connectivity index (χ4v) is 1.24. The molecule has 0 saturated carbocycles. The highest BCUT2D eigenvalue weighted by atomic mass is 35.5. The van der Waals surface area contributed by atoms with E-state index in [9.17, 15) is 4.79 Å². The second kappa shape index (κ2) is 6.14. The van der Waals surface area contributed by atoms with Gasteiger partial charge in [-0.05, 0) is 18.2 Å². The van der Waals surface area contributed by atoms with E-state index in [0.29, 0.717) is 17.3 Å². The summed E-state index contributed by atoms with van der Waals surface area (Å²) in [7, 11) is 3.31. The first kappa shape index (κ1) is 13.4. The molecule has 0 aliphatic heterocycles. The summed E-state index contributed by atoms with van der Waals surface area (Å²) >= 11 is 5.97.